The van der Waals surface area contributed by atoms with Gasteiger partial charge in [0.1, 0.15) is 11.9 Å². The van der Waals surface area contributed by atoms with Crippen LogP contribution >= 0.6 is 0 Å². The Kier molecular flexibility index (Phi) is 2.83. The number of carbonyl (C=O) groups is 1. The number of amides is 1. The predicted octanol–water partition coefficient (Wildman–Crippen LogP) is 1.38. The van der Waals surface area contributed by atoms with Gasteiger partial charge in [0.15, 0.2) is 0 Å². The number of rotatable bonds is 2. The molecule has 2 saturated heterocycles. The Bertz CT molecular complexity index is 446. The molecule has 2 atom stereocenters. The number of ether oxygens (including phenoxy) is 2. The Balaban J connectivity index is 1.87. The standard InChI is InChI=1S/C13H16N2O3/c1-17-10-4-2-9(3-5-10)15-11-6-7-14-8-12(11)18-13(15)16/h2-5,11-12,14H,6-8H2,1H3. The molecule has 1 amide bonds. The largest absolute Gasteiger partial charge is 0.497 e. The van der Waals surface area contributed by atoms with E-state index in [1.165, 1.54) is 0 Å². The fraction of sp³-hybridized carbons (Fsp3) is 0.462. The summed E-state index contributed by atoms with van der Waals surface area (Å²) in [6, 6.07) is 7.65. The first-order valence-corrected chi connectivity index (χ1v) is 6.14. The zero-order valence-electron chi connectivity index (χ0n) is 10.3. The second-order valence-corrected chi connectivity index (χ2v) is 4.55. The number of methoxy groups -OCH3 is 1. The maximum Gasteiger partial charge on any atom is 0.415 e. The van der Waals surface area contributed by atoms with Crippen molar-refractivity contribution < 1.29 is 14.3 Å². The van der Waals surface area contributed by atoms with Crippen molar-refractivity contribution in [3.63, 3.8) is 0 Å². The molecular weight excluding hydrogens is 232 g/mol. The van der Waals surface area contributed by atoms with E-state index in [-0.39, 0.29) is 18.2 Å². The first-order chi connectivity index (χ1) is 8.79. The lowest BCUT2D eigenvalue weighted by Crippen LogP contribution is -2.47. The number of piperidine rings is 1. The van der Waals surface area contributed by atoms with E-state index in [9.17, 15) is 4.79 Å². The van der Waals surface area contributed by atoms with Gasteiger partial charge in [-0.05, 0) is 37.2 Å². The number of nitrogens with zero attached hydrogens (tertiary/aromatic N) is 1. The van der Waals surface area contributed by atoms with E-state index in [1.54, 1.807) is 12.0 Å². The molecule has 2 aliphatic heterocycles. The van der Waals surface area contributed by atoms with E-state index in [2.05, 4.69) is 5.32 Å². The average molecular weight is 248 g/mol. The smallest absolute Gasteiger partial charge is 0.415 e. The van der Waals surface area contributed by atoms with Crippen LogP contribution < -0.4 is 15.0 Å². The highest BCUT2D eigenvalue weighted by Crippen LogP contribution is 2.30. The van der Waals surface area contributed by atoms with Crippen LogP contribution in [0.2, 0.25) is 0 Å². The van der Waals surface area contributed by atoms with Crippen LogP contribution in [0.4, 0.5) is 10.5 Å². The molecule has 18 heavy (non-hydrogen) atoms. The molecule has 2 fully saturated rings. The molecule has 2 aliphatic rings. The molecular formula is C13H16N2O3. The fourth-order valence-corrected chi connectivity index (χ4v) is 2.59. The quantitative estimate of drug-likeness (QED) is 0.859. The van der Waals surface area contributed by atoms with Crippen molar-refractivity contribution in [2.75, 3.05) is 25.1 Å². The van der Waals surface area contributed by atoms with Gasteiger partial charge in [-0.2, -0.15) is 0 Å². The van der Waals surface area contributed by atoms with Crippen LogP contribution in [-0.4, -0.2) is 38.4 Å². The van der Waals surface area contributed by atoms with Crippen LogP contribution in [0.25, 0.3) is 0 Å². The van der Waals surface area contributed by atoms with Crippen molar-refractivity contribution >= 4 is 11.8 Å². The molecule has 5 nitrogen and oxygen atoms in total. The molecule has 0 bridgehead atoms. The van der Waals surface area contributed by atoms with Gasteiger partial charge in [-0.3, -0.25) is 4.90 Å². The first-order valence-electron chi connectivity index (χ1n) is 6.14. The normalized spacial score (nSPS) is 26.7. The molecule has 0 saturated carbocycles. The third kappa shape index (κ3) is 1.80. The van der Waals surface area contributed by atoms with E-state index in [0.717, 1.165) is 30.9 Å². The Morgan fingerprint density at radius 1 is 1.39 bits per heavy atom. The summed E-state index contributed by atoms with van der Waals surface area (Å²) in [4.78, 5) is 13.7. The van der Waals surface area contributed by atoms with Gasteiger partial charge in [0.25, 0.3) is 0 Å². The Morgan fingerprint density at radius 2 is 2.17 bits per heavy atom. The number of anilines is 1. The minimum absolute atomic E-state index is 0.0339. The molecule has 96 valence electrons. The lowest BCUT2D eigenvalue weighted by molar-refractivity contribution is 0.121. The van der Waals surface area contributed by atoms with Gasteiger partial charge in [-0.15, -0.1) is 0 Å². The van der Waals surface area contributed by atoms with Crippen LogP contribution in [0.1, 0.15) is 6.42 Å². The van der Waals surface area contributed by atoms with Crippen molar-refractivity contribution in [3.05, 3.63) is 24.3 Å². The first kappa shape index (κ1) is 11.3. The van der Waals surface area contributed by atoms with Crippen LogP contribution in [0.5, 0.6) is 5.75 Å². The zero-order valence-corrected chi connectivity index (χ0v) is 10.3. The summed E-state index contributed by atoms with van der Waals surface area (Å²) < 4.78 is 10.5. The molecule has 1 aromatic carbocycles. The summed E-state index contributed by atoms with van der Waals surface area (Å²) in [6.45, 7) is 1.66. The van der Waals surface area contributed by atoms with Gasteiger partial charge in [-0.1, -0.05) is 0 Å². The summed E-state index contributed by atoms with van der Waals surface area (Å²) >= 11 is 0. The van der Waals surface area contributed by atoms with Gasteiger partial charge in [0.2, 0.25) is 0 Å². The topological polar surface area (TPSA) is 50.8 Å². The number of nitrogens with one attached hydrogen (secondary N) is 1. The highest BCUT2D eigenvalue weighted by Gasteiger charge is 2.43. The number of hydrogen-bond acceptors (Lipinski definition) is 4. The van der Waals surface area contributed by atoms with E-state index < -0.39 is 0 Å². The molecule has 5 heteroatoms. The fourth-order valence-electron chi connectivity index (χ4n) is 2.59. The van der Waals surface area contributed by atoms with Gasteiger partial charge in [0, 0.05) is 12.2 Å². The molecule has 0 aromatic heterocycles. The van der Waals surface area contributed by atoms with Crippen LogP contribution in [-0.2, 0) is 4.74 Å². The summed E-state index contributed by atoms with van der Waals surface area (Å²) in [5.41, 5.74) is 0.871. The van der Waals surface area contributed by atoms with Crippen molar-refractivity contribution in [2.45, 2.75) is 18.6 Å². The summed E-state index contributed by atoms with van der Waals surface area (Å²) in [5, 5.41) is 3.24. The van der Waals surface area contributed by atoms with Crippen molar-refractivity contribution in [2.24, 2.45) is 0 Å². The molecule has 0 aliphatic carbocycles. The minimum Gasteiger partial charge on any atom is -0.497 e. The Morgan fingerprint density at radius 3 is 2.89 bits per heavy atom. The number of fused-ring (bicyclic) bond motifs is 1. The van der Waals surface area contributed by atoms with Gasteiger partial charge < -0.3 is 14.8 Å². The van der Waals surface area contributed by atoms with Crippen LogP contribution in [0, 0.1) is 0 Å². The third-order valence-electron chi connectivity index (χ3n) is 3.52. The minimum atomic E-state index is -0.251. The molecule has 0 radical (unpaired) electrons. The highest BCUT2D eigenvalue weighted by molar-refractivity contribution is 5.90. The highest BCUT2D eigenvalue weighted by atomic mass is 16.6. The van der Waals surface area contributed by atoms with Crippen molar-refractivity contribution in [1.29, 1.82) is 0 Å². The second kappa shape index (κ2) is 4.49. The molecule has 1 aromatic rings. The molecule has 1 N–H and O–H groups in total. The van der Waals surface area contributed by atoms with Crippen LogP contribution in [0.3, 0.4) is 0 Å². The SMILES string of the molecule is COc1ccc(N2C(=O)OC3CNCCC32)cc1. The van der Waals surface area contributed by atoms with E-state index >= 15 is 0 Å². The van der Waals surface area contributed by atoms with Crippen molar-refractivity contribution in [1.82, 2.24) is 5.32 Å². The maximum atomic E-state index is 11.9. The molecule has 0 spiro atoms. The molecule has 2 heterocycles. The predicted molar refractivity (Wildman–Crippen MR) is 67.0 cm³/mol. The molecule has 2 unspecified atom stereocenters. The van der Waals surface area contributed by atoms with Gasteiger partial charge in [-0.25, -0.2) is 4.79 Å². The lowest BCUT2D eigenvalue weighted by atomic mass is 10.0. The van der Waals surface area contributed by atoms with Crippen LogP contribution in [0.15, 0.2) is 24.3 Å². The van der Waals surface area contributed by atoms with Crippen molar-refractivity contribution in [3.8, 4) is 5.75 Å². The van der Waals surface area contributed by atoms with Gasteiger partial charge >= 0.3 is 6.09 Å². The summed E-state index contributed by atoms with van der Waals surface area (Å²) in [6.07, 6.45) is 0.634. The number of benzene rings is 1. The third-order valence-corrected chi connectivity index (χ3v) is 3.52. The second-order valence-electron chi connectivity index (χ2n) is 4.55. The van der Waals surface area contributed by atoms with Gasteiger partial charge in [0.05, 0.1) is 13.2 Å². The van der Waals surface area contributed by atoms with E-state index in [1.807, 2.05) is 24.3 Å². The zero-order chi connectivity index (χ0) is 12.5. The van der Waals surface area contributed by atoms with E-state index in [0.29, 0.717) is 0 Å². The Labute approximate surface area is 106 Å². The molecule has 3 rings (SSSR count). The Hall–Kier alpha value is -1.75. The average Bonchev–Trinajstić information content (AvgIpc) is 2.75. The summed E-state index contributed by atoms with van der Waals surface area (Å²) in [5.74, 6) is 0.785. The number of hydrogen-bond donors (Lipinski definition) is 1. The number of carbonyl (C=O) groups excluding carboxylic acids is 1. The monoisotopic (exact) mass is 248 g/mol. The maximum absolute atomic E-state index is 11.9. The lowest BCUT2D eigenvalue weighted by Gasteiger charge is -2.28. The summed E-state index contributed by atoms with van der Waals surface area (Å²) in [7, 11) is 1.63. The van der Waals surface area contributed by atoms with E-state index in [4.69, 9.17) is 9.47 Å².